The third-order valence-corrected chi connectivity index (χ3v) is 3.98. The molecule has 28 heavy (non-hydrogen) atoms. The average Bonchev–Trinajstić information content (AvgIpc) is 2.67. The van der Waals surface area contributed by atoms with E-state index in [0.29, 0.717) is 11.3 Å². The van der Waals surface area contributed by atoms with E-state index >= 15 is 0 Å². The van der Waals surface area contributed by atoms with E-state index in [1.165, 1.54) is 14.0 Å². The maximum Gasteiger partial charge on any atom is 0.321 e. The number of imide groups is 1. The second kappa shape index (κ2) is 10.1. The van der Waals surface area contributed by atoms with Crippen molar-refractivity contribution in [3.05, 3.63) is 65.2 Å². The SMILES string of the molecule is COc1ccc(C)cc1CC(=O)O[C@H](C)C(=O)NC(=O)NCc1ccccc1. The number of nitrogens with one attached hydrogen (secondary N) is 2. The standard InChI is InChI=1S/C21H24N2O5/c1-14-9-10-18(27-3)17(11-14)12-19(24)28-15(2)20(25)23-21(26)22-13-16-7-5-4-6-8-16/h4-11,15H,12-13H2,1-3H3,(H2,22,23,25,26)/t15-/m1/s1. The smallest absolute Gasteiger partial charge is 0.321 e. The Labute approximate surface area is 164 Å². The van der Waals surface area contributed by atoms with E-state index in [-0.39, 0.29) is 13.0 Å². The third-order valence-electron chi connectivity index (χ3n) is 3.98. The lowest BCUT2D eigenvalue weighted by Gasteiger charge is -2.14. The van der Waals surface area contributed by atoms with Gasteiger partial charge in [0.05, 0.1) is 13.5 Å². The number of benzene rings is 2. The molecule has 0 saturated heterocycles. The lowest BCUT2D eigenvalue weighted by atomic mass is 10.1. The molecule has 0 fully saturated rings. The molecule has 0 aliphatic rings. The molecule has 0 saturated carbocycles. The monoisotopic (exact) mass is 384 g/mol. The fraction of sp³-hybridized carbons (Fsp3) is 0.286. The summed E-state index contributed by atoms with van der Waals surface area (Å²) < 4.78 is 10.4. The number of rotatable bonds is 7. The predicted octanol–water partition coefficient (Wildman–Crippen LogP) is 2.50. The van der Waals surface area contributed by atoms with E-state index in [9.17, 15) is 14.4 Å². The first-order valence-corrected chi connectivity index (χ1v) is 8.84. The summed E-state index contributed by atoms with van der Waals surface area (Å²) in [6, 6.07) is 14.1. The van der Waals surface area contributed by atoms with Crippen LogP contribution in [0, 0.1) is 6.92 Å². The third kappa shape index (κ3) is 6.42. The van der Waals surface area contributed by atoms with Crippen LogP contribution in [0.15, 0.2) is 48.5 Å². The van der Waals surface area contributed by atoms with E-state index in [4.69, 9.17) is 9.47 Å². The molecule has 2 N–H and O–H groups in total. The molecule has 2 aromatic carbocycles. The molecular formula is C21H24N2O5. The van der Waals surface area contributed by atoms with Gasteiger partial charge in [-0.3, -0.25) is 14.9 Å². The van der Waals surface area contributed by atoms with Crippen LogP contribution in [0.4, 0.5) is 4.79 Å². The number of hydrogen-bond acceptors (Lipinski definition) is 5. The van der Waals surface area contributed by atoms with Crippen molar-refractivity contribution in [1.29, 1.82) is 0 Å². The Balaban J connectivity index is 1.82. The van der Waals surface area contributed by atoms with Gasteiger partial charge in [-0.05, 0) is 25.5 Å². The number of esters is 1. The topological polar surface area (TPSA) is 93.7 Å². The van der Waals surface area contributed by atoms with Crippen molar-refractivity contribution in [3.8, 4) is 5.75 Å². The Hall–Kier alpha value is -3.35. The van der Waals surface area contributed by atoms with Gasteiger partial charge in [-0.25, -0.2) is 4.79 Å². The molecule has 0 spiro atoms. The largest absolute Gasteiger partial charge is 0.496 e. The van der Waals surface area contributed by atoms with Gasteiger partial charge in [-0.2, -0.15) is 0 Å². The summed E-state index contributed by atoms with van der Waals surface area (Å²) in [5, 5.41) is 4.73. The summed E-state index contributed by atoms with van der Waals surface area (Å²) >= 11 is 0. The summed E-state index contributed by atoms with van der Waals surface area (Å²) in [6.45, 7) is 3.59. The van der Waals surface area contributed by atoms with Crippen molar-refractivity contribution in [2.24, 2.45) is 0 Å². The molecule has 0 aromatic heterocycles. The highest BCUT2D eigenvalue weighted by Crippen LogP contribution is 2.20. The van der Waals surface area contributed by atoms with E-state index in [0.717, 1.165) is 11.1 Å². The number of carbonyl (C=O) groups is 3. The van der Waals surface area contributed by atoms with Crippen LogP contribution in [0.1, 0.15) is 23.6 Å². The van der Waals surface area contributed by atoms with Crippen molar-refractivity contribution in [2.75, 3.05) is 7.11 Å². The Morgan fingerprint density at radius 3 is 2.46 bits per heavy atom. The summed E-state index contributed by atoms with van der Waals surface area (Å²) in [7, 11) is 1.52. The van der Waals surface area contributed by atoms with Gasteiger partial charge in [0.25, 0.3) is 5.91 Å². The van der Waals surface area contributed by atoms with Crippen molar-refractivity contribution in [2.45, 2.75) is 32.9 Å². The molecule has 0 aliphatic heterocycles. The van der Waals surface area contributed by atoms with Crippen LogP contribution >= 0.6 is 0 Å². The normalized spacial score (nSPS) is 11.2. The fourth-order valence-electron chi connectivity index (χ4n) is 2.53. The molecule has 3 amide bonds. The molecule has 1 atom stereocenters. The first-order valence-electron chi connectivity index (χ1n) is 8.84. The number of urea groups is 1. The number of ether oxygens (including phenoxy) is 2. The lowest BCUT2D eigenvalue weighted by Crippen LogP contribution is -2.44. The van der Waals surface area contributed by atoms with Crippen molar-refractivity contribution in [3.63, 3.8) is 0 Å². The van der Waals surface area contributed by atoms with Gasteiger partial charge in [-0.1, -0.05) is 48.0 Å². The minimum atomic E-state index is -1.11. The molecule has 2 aromatic rings. The minimum absolute atomic E-state index is 0.0390. The average molecular weight is 384 g/mol. The zero-order valence-corrected chi connectivity index (χ0v) is 16.2. The lowest BCUT2D eigenvalue weighted by molar-refractivity contribution is -0.153. The first kappa shape index (κ1) is 21.0. The summed E-state index contributed by atoms with van der Waals surface area (Å²) in [6.07, 6.45) is -1.14. The van der Waals surface area contributed by atoms with E-state index in [2.05, 4.69) is 10.6 Å². The van der Waals surface area contributed by atoms with Crippen molar-refractivity contribution < 1.29 is 23.9 Å². The second-order valence-corrected chi connectivity index (χ2v) is 6.28. The molecule has 0 bridgehead atoms. The number of methoxy groups -OCH3 is 1. The first-order chi connectivity index (χ1) is 13.4. The molecule has 0 aliphatic carbocycles. The highest BCUT2D eigenvalue weighted by Gasteiger charge is 2.21. The predicted molar refractivity (Wildman–Crippen MR) is 104 cm³/mol. The van der Waals surface area contributed by atoms with Crippen LogP contribution in [-0.4, -0.2) is 31.1 Å². The van der Waals surface area contributed by atoms with E-state index in [1.54, 1.807) is 6.07 Å². The van der Waals surface area contributed by atoms with Crippen LogP contribution in [0.2, 0.25) is 0 Å². The molecule has 7 heteroatoms. The Morgan fingerprint density at radius 1 is 1.07 bits per heavy atom. The van der Waals surface area contributed by atoms with E-state index < -0.39 is 24.0 Å². The highest BCUT2D eigenvalue weighted by molar-refractivity contribution is 5.97. The molecule has 2 rings (SSSR count). The van der Waals surface area contributed by atoms with Gasteiger partial charge in [0, 0.05) is 12.1 Å². The molecular weight excluding hydrogens is 360 g/mol. The van der Waals surface area contributed by atoms with Crippen LogP contribution in [0.3, 0.4) is 0 Å². The van der Waals surface area contributed by atoms with Gasteiger partial charge in [0.1, 0.15) is 5.75 Å². The Morgan fingerprint density at radius 2 is 1.79 bits per heavy atom. The second-order valence-electron chi connectivity index (χ2n) is 6.28. The molecule has 7 nitrogen and oxygen atoms in total. The van der Waals surface area contributed by atoms with Crippen LogP contribution in [-0.2, 0) is 27.3 Å². The summed E-state index contributed by atoms with van der Waals surface area (Å²) in [5.74, 6) is -0.716. The highest BCUT2D eigenvalue weighted by atomic mass is 16.5. The summed E-state index contributed by atoms with van der Waals surface area (Å²) in [5.41, 5.74) is 2.54. The molecule has 0 unspecified atom stereocenters. The van der Waals surface area contributed by atoms with Gasteiger partial charge in [-0.15, -0.1) is 0 Å². The van der Waals surface area contributed by atoms with Gasteiger partial charge in [0.15, 0.2) is 6.10 Å². The van der Waals surface area contributed by atoms with Gasteiger partial charge in [0.2, 0.25) is 0 Å². The van der Waals surface area contributed by atoms with Gasteiger partial charge >= 0.3 is 12.0 Å². The minimum Gasteiger partial charge on any atom is -0.496 e. The molecule has 148 valence electrons. The quantitative estimate of drug-likeness (QED) is 0.716. The Kier molecular flexibility index (Phi) is 7.56. The van der Waals surface area contributed by atoms with Crippen molar-refractivity contribution in [1.82, 2.24) is 10.6 Å². The maximum absolute atomic E-state index is 12.1. The van der Waals surface area contributed by atoms with E-state index in [1.807, 2.05) is 49.4 Å². The summed E-state index contributed by atoms with van der Waals surface area (Å²) in [4.78, 5) is 36.0. The molecule has 0 radical (unpaired) electrons. The van der Waals surface area contributed by atoms with Crippen LogP contribution in [0.5, 0.6) is 5.75 Å². The molecule has 0 heterocycles. The van der Waals surface area contributed by atoms with Crippen LogP contribution < -0.4 is 15.4 Å². The number of amides is 3. The number of carbonyl (C=O) groups excluding carboxylic acids is 3. The van der Waals surface area contributed by atoms with Crippen LogP contribution in [0.25, 0.3) is 0 Å². The fourth-order valence-corrected chi connectivity index (χ4v) is 2.53. The zero-order chi connectivity index (χ0) is 20.5. The zero-order valence-electron chi connectivity index (χ0n) is 16.2. The Bertz CT molecular complexity index is 836. The maximum atomic E-state index is 12.1. The van der Waals surface area contributed by atoms with Gasteiger partial charge < -0.3 is 14.8 Å². The van der Waals surface area contributed by atoms with Crippen molar-refractivity contribution >= 4 is 17.9 Å². The number of hydrogen-bond donors (Lipinski definition) is 2. The number of aryl methyl sites for hydroxylation is 1.